The summed E-state index contributed by atoms with van der Waals surface area (Å²) in [6.45, 7) is 4.27. The van der Waals surface area contributed by atoms with Crippen LogP contribution in [-0.2, 0) is 14.3 Å². The highest BCUT2D eigenvalue weighted by atomic mass is 16.7. The second-order valence-electron chi connectivity index (χ2n) is 7.11. The fourth-order valence-electron chi connectivity index (χ4n) is 4.10. The summed E-state index contributed by atoms with van der Waals surface area (Å²) in [6, 6.07) is 7.30. The first-order valence-corrected chi connectivity index (χ1v) is 9.23. The van der Waals surface area contributed by atoms with Crippen molar-refractivity contribution in [2.75, 3.05) is 13.2 Å². The second-order valence-corrected chi connectivity index (χ2v) is 7.11. The summed E-state index contributed by atoms with van der Waals surface area (Å²) in [5.41, 5.74) is 0.971. The molecule has 4 nitrogen and oxygen atoms in total. The van der Waals surface area contributed by atoms with E-state index in [9.17, 15) is 4.79 Å². The van der Waals surface area contributed by atoms with Crippen LogP contribution in [0.25, 0.3) is 0 Å². The standard InChI is InChI=1S/C20H28O4/c1-2-3-15-4-6-16(7-5-15)18-12-22-20(23-13-18)17-8-10-19(11-9-17)24-14-21/h8-11,14-16,18,20H,2-7,12-13H2,1H3. The minimum Gasteiger partial charge on any atom is -0.429 e. The Balaban J connectivity index is 1.46. The van der Waals surface area contributed by atoms with E-state index in [1.807, 2.05) is 12.1 Å². The molecule has 0 radical (unpaired) electrons. The first-order chi connectivity index (χ1) is 11.8. The van der Waals surface area contributed by atoms with E-state index in [2.05, 4.69) is 6.92 Å². The SMILES string of the molecule is CCCC1CCC(C2COC(c3ccc(OC=O)cc3)OC2)CC1. The minimum absolute atomic E-state index is 0.303. The molecule has 1 saturated heterocycles. The molecule has 0 unspecified atom stereocenters. The van der Waals surface area contributed by atoms with Gasteiger partial charge in [0.1, 0.15) is 5.75 Å². The van der Waals surface area contributed by atoms with Gasteiger partial charge in [-0.3, -0.25) is 4.79 Å². The Hall–Kier alpha value is -1.39. The highest BCUT2D eigenvalue weighted by Gasteiger charge is 2.32. The largest absolute Gasteiger partial charge is 0.429 e. The molecule has 24 heavy (non-hydrogen) atoms. The zero-order valence-electron chi connectivity index (χ0n) is 14.5. The van der Waals surface area contributed by atoms with Crippen LogP contribution in [0.1, 0.15) is 57.3 Å². The maximum absolute atomic E-state index is 10.3. The van der Waals surface area contributed by atoms with E-state index in [4.69, 9.17) is 14.2 Å². The van der Waals surface area contributed by atoms with Crippen molar-refractivity contribution in [1.29, 1.82) is 0 Å². The first kappa shape index (κ1) is 17.4. The molecule has 2 fully saturated rings. The monoisotopic (exact) mass is 332 g/mol. The number of rotatable bonds is 6. The van der Waals surface area contributed by atoms with Crippen molar-refractivity contribution in [3.8, 4) is 5.75 Å². The Morgan fingerprint density at radius 2 is 1.71 bits per heavy atom. The van der Waals surface area contributed by atoms with Gasteiger partial charge in [-0.2, -0.15) is 0 Å². The van der Waals surface area contributed by atoms with Gasteiger partial charge < -0.3 is 14.2 Å². The van der Waals surface area contributed by atoms with Gasteiger partial charge in [0.2, 0.25) is 0 Å². The Morgan fingerprint density at radius 3 is 2.29 bits per heavy atom. The number of hydrogen-bond donors (Lipinski definition) is 0. The molecule has 1 aromatic carbocycles. The second kappa shape index (κ2) is 8.63. The van der Waals surface area contributed by atoms with Crippen molar-refractivity contribution in [3.63, 3.8) is 0 Å². The number of hydrogen-bond acceptors (Lipinski definition) is 4. The predicted octanol–water partition coefficient (Wildman–Crippen LogP) is 4.49. The van der Waals surface area contributed by atoms with Crippen molar-refractivity contribution in [2.45, 2.75) is 51.7 Å². The molecular weight excluding hydrogens is 304 g/mol. The highest BCUT2D eigenvalue weighted by molar-refractivity contribution is 5.45. The third-order valence-corrected chi connectivity index (χ3v) is 5.51. The van der Waals surface area contributed by atoms with Gasteiger partial charge in [0, 0.05) is 11.5 Å². The molecule has 1 aliphatic carbocycles. The van der Waals surface area contributed by atoms with E-state index in [0.717, 1.165) is 30.6 Å². The molecule has 1 aliphatic heterocycles. The van der Waals surface area contributed by atoms with Crippen LogP contribution in [0.15, 0.2) is 24.3 Å². The van der Waals surface area contributed by atoms with Gasteiger partial charge in [-0.1, -0.05) is 44.7 Å². The van der Waals surface area contributed by atoms with Crippen LogP contribution in [0, 0.1) is 17.8 Å². The summed E-state index contributed by atoms with van der Waals surface area (Å²) in [5.74, 6) is 2.76. The summed E-state index contributed by atoms with van der Waals surface area (Å²) in [7, 11) is 0. The molecule has 0 bridgehead atoms. The Bertz CT molecular complexity index is 497. The van der Waals surface area contributed by atoms with Crippen LogP contribution in [-0.4, -0.2) is 19.7 Å². The van der Waals surface area contributed by atoms with Crippen molar-refractivity contribution in [1.82, 2.24) is 0 Å². The zero-order valence-corrected chi connectivity index (χ0v) is 14.5. The molecule has 0 spiro atoms. The van der Waals surface area contributed by atoms with Crippen LogP contribution in [0.4, 0.5) is 0 Å². The fourth-order valence-corrected chi connectivity index (χ4v) is 4.10. The van der Waals surface area contributed by atoms with Crippen LogP contribution in [0.3, 0.4) is 0 Å². The molecule has 4 heteroatoms. The van der Waals surface area contributed by atoms with Crippen molar-refractivity contribution in [2.24, 2.45) is 17.8 Å². The van der Waals surface area contributed by atoms with E-state index in [1.165, 1.54) is 38.5 Å². The quantitative estimate of drug-likeness (QED) is 0.720. The third kappa shape index (κ3) is 4.37. The van der Waals surface area contributed by atoms with E-state index in [0.29, 0.717) is 18.1 Å². The summed E-state index contributed by atoms with van der Waals surface area (Å²) in [5, 5.41) is 0. The molecule has 0 N–H and O–H groups in total. The Kier molecular flexibility index (Phi) is 6.27. The van der Waals surface area contributed by atoms with Crippen LogP contribution in [0.2, 0.25) is 0 Å². The number of ether oxygens (including phenoxy) is 3. The van der Waals surface area contributed by atoms with Gasteiger partial charge in [-0.05, 0) is 36.8 Å². The number of carbonyl (C=O) groups excluding carboxylic acids is 1. The maximum atomic E-state index is 10.3. The van der Waals surface area contributed by atoms with E-state index >= 15 is 0 Å². The lowest BCUT2D eigenvalue weighted by Gasteiger charge is -2.37. The predicted molar refractivity (Wildman–Crippen MR) is 91.6 cm³/mol. The first-order valence-electron chi connectivity index (χ1n) is 9.23. The van der Waals surface area contributed by atoms with E-state index in [-0.39, 0.29) is 6.29 Å². The summed E-state index contributed by atoms with van der Waals surface area (Å²) in [6.07, 6.45) is 7.78. The molecule has 1 saturated carbocycles. The topological polar surface area (TPSA) is 44.8 Å². The van der Waals surface area contributed by atoms with Crippen LogP contribution < -0.4 is 4.74 Å². The van der Waals surface area contributed by atoms with Gasteiger partial charge in [0.05, 0.1) is 13.2 Å². The van der Waals surface area contributed by atoms with Crippen LogP contribution in [0.5, 0.6) is 5.75 Å². The molecule has 3 rings (SSSR count). The lowest BCUT2D eigenvalue weighted by molar-refractivity contribution is -0.214. The average Bonchev–Trinajstić information content (AvgIpc) is 2.64. The average molecular weight is 332 g/mol. The van der Waals surface area contributed by atoms with Gasteiger partial charge >= 0.3 is 0 Å². The van der Waals surface area contributed by atoms with E-state index in [1.54, 1.807) is 12.1 Å². The molecular formula is C20H28O4. The van der Waals surface area contributed by atoms with Gasteiger partial charge in [0.25, 0.3) is 6.47 Å². The number of carbonyl (C=O) groups is 1. The normalized spacial score (nSPS) is 30.7. The Labute approximate surface area is 144 Å². The number of benzene rings is 1. The summed E-state index contributed by atoms with van der Waals surface area (Å²) in [4.78, 5) is 10.3. The van der Waals surface area contributed by atoms with Crippen LogP contribution >= 0.6 is 0 Å². The van der Waals surface area contributed by atoms with Crippen molar-refractivity contribution < 1.29 is 19.0 Å². The molecule has 132 valence electrons. The lowest BCUT2D eigenvalue weighted by Crippen LogP contribution is -2.34. The molecule has 2 aliphatic rings. The summed E-state index contributed by atoms with van der Waals surface area (Å²) < 4.78 is 16.8. The lowest BCUT2D eigenvalue weighted by atomic mass is 9.75. The molecule has 0 atom stereocenters. The van der Waals surface area contributed by atoms with E-state index < -0.39 is 0 Å². The molecule has 0 aromatic heterocycles. The maximum Gasteiger partial charge on any atom is 0.298 e. The zero-order chi connectivity index (χ0) is 16.8. The summed E-state index contributed by atoms with van der Waals surface area (Å²) >= 11 is 0. The minimum atomic E-state index is -0.303. The van der Waals surface area contributed by atoms with Gasteiger partial charge in [-0.15, -0.1) is 0 Å². The van der Waals surface area contributed by atoms with Crippen molar-refractivity contribution >= 4 is 6.47 Å². The van der Waals surface area contributed by atoms with Gasteiger partial charge in [0.15, 0.2) is 6.29 Å². The smallest absolute Gasteiger partial charge is 0.298 e. The highest BCUT2D eigenvalue weighted by Crippen LogP contribution is 2.38. The van der Waals surface area contributed by atoms with Gasteiger partial charge in [-0.25, -0.2) is 0 Å². The molecule has 0 amide bonds. The fraction of sp³-hybridized carbons (Fsp3) is 0.650. The molecule has 1 aromatic rings. The van der Waals surface area contributed by atoms with Crippen molar-refractivity contribution in [3.05, 3.63) is 29.8 Å². The molecule has 1 heterocycles. The Morgan fingerprint density at radius 1 is 1.04 bits per heavy atom. The third-order valence-electron chi connectivity index (χ3n) is 5.51.